The monoisotopic (exact) mass is 441 g/mol. The highest BCUT2D eigenvalue weighted by Crippen LogP contribution is 2.32. The molecule has 0 fully saturated rings. The minimum absolute atomic E-state index is 0.413. The summed E-state index contributed by atoms with van der Waals surface area (Å²) in [6, 6.07) is 13.2. The van der Waals surface area contributed by atoms with Gasteiger partial charge in [0, 0.05) is 8.04 Å². The normalized spacial score (nSPS) is 13.8. The molecule has 1 heterocycles. The molecule has 0 unspecified atom stereocenters. The summed E-state index contributed by atoms with van der Waals surface area (Å²) in [5.41, 5.74) is 2.15. The van der Waals surface area contributed by atoms with Gasteiger partial charge in [-0.1, -0.05) is 28.1 Å². The van der Waals surface area contributed by atoms with E-state index in [1.165, 1.54) is 4.90 Å². The Kier molecular flexibility index (Phi) is 3.64. The molecule has 0 aromatic heterocycles. The third kappa shape index (κ3) is 2.40. The second-order valence-electron chi connectivity index (χ2n) is 4.51. The molecule has 100 valence electrons. The fourth-order valence-electron chi connectivity index (χ4n) is 2.20. The van der Waals surface area contributed by atoms with Crippen LogP contribution in [0, 0.1) is 3.57 Å². The average Bonchev–Trinajstić information content (AvgIpc) is 2.66. The highest BCUT2D eigenvalue weighted by molar-refractivity contribution is 14.1. The number of hydrogen-bond donors (Lipinski definition) is 0. The first-order valence-electron chi connectivity index (χ1n) is 5.96. The zero-order chi connectivity index (χ0) is 14.3. The minimum atomic E-state index is -0.461. The van der Waals surface area contributed by atoms with Crippen LogP contribution in [0.25, 0.3) is 0 Å². The van der Waals surface area contributed by atoms with Crippen molar-refractivity contribution < 1.29 is 9.59 Å². The Morgan fingerprint density at radius 2 is 1.75 bits per heavy atom. The van der Waals surface area contributed by atoms with E-state index in [1.807, 2.05) is 30.3 Å². The van der Waals surface area contributed by atoms with Gasteiger partial charge in [-0.2, -0.15) is 0 Å². The lowest BCUT2D eigenvalue weighted by Crippen LogP contribution is -2.29. The van der Waals surface area contributed by atoms with Crippen LogP contribution in [0.2, 0.25) is 0 Å². The van der Waals surface area contributed by atoms with Crippen molar-refractivity contribution in [2.45, 2.75) is 6.54 Å². The fraction of sp³-hybridized carbons (Fsp3) is 0.0667. The van der Waals surface area contributed by atoms with E-state index < -0.39 is 11.7 Å². The van der Waals surface area contributed by atoms with E-state index in [0.29, 0.717) is 17.8 Å². The van der Waals surface area contributed by atoms with Crippen molar-refractivity contribution >= 4 is 55.9 Å². The number of halogens is 2. The fourth-order valence-corrected chi connectivity index (χ4v) is 2.92. The van der Waals surface area contributed by atoms with Crippen molar-refractivity contribution in [1.29, 1.82) is 0 Å². The Hall–Kier alpha value is -1.21. The molecule has 5 heteroatoms. The van der Waals surface area contributed by atoms with Gasteiger partial charge in [-0.05, 0) is 58.5 Å². The Morgan fingerprint density at radius 3 is 2.45 bits per heavy atom. The largest absolute Gasteiger partial charge is 0.300 e. The molecule has 1 aliphatic heterocycles. The van der Waals surface area contributed by atoms with Crippen LogP contribution in [0.1, 0.15) is 15.9 Å². The van der Waals surface area contributed by atoms with Crippen molar-refractivity contribution in [3.05, 3.63) is 61.6 Å². The highest BCUT2D eigenvalue weighted by atomic mass is 127. The van der Waals surface area contributed by atoms with Gasteiger partial charge in [0.2, 0.25) is 0 Å². The molecule has 0 saturated heterocycles. The zero-order valence-corrected chi connectivity index (χ0v) is 14.0. The number of benzene rings is 2. The summed E-state index contributed by atoms with van der Waals surface area (Å²) in [6.07, 6.45) is 0. The summed E-state index contributed by atoms with van der Waals surface area (Å²) in [4.78, 5) is 25.6. The SMILES string of the molecule is O=C1C(=O)N(Cc2ccc(I)cc2)c2ccc(Br)cc21. The number of carbonyl (C=O) groups excluding carboxylic acids is 2. The van der Waals surface area contributed by atoms with Crippen molar-refractivity contribution in [3.8, 4) is 0 Å². The number of fused-ring (bicyclic) bond motifs is 1. The summed E-state index contributed by atoms with van der Waals surface area (Å²) in [5, 5.41) is 0. The van der Waals surface area contributed by atoms with E-state index in [9.17, 15) is 9.59 Å². The van der Waals surface area contributed by atoms with E-state index >= 15 is 0 Å². The van der Waals surface area contributed by atoms with Crippen LogP contribution in [0.15, 0.2) is 46.9 Å². The first-order valence-corrected chi connectivity index (χ1v) is 7.83. The molecule has 2 aromatic carbocycles. The van der Waals surface area contributed by atoms with Crippen molar-refractivity contribution in [2.75, 3.05) is 4.90 Å². The van der Waals surface area contributed by atoms with Gasteiger partial charge in [-0.15, -0.1) is 0 Å². The Bertz CT molecular complexity index is 712. The van der Waals surface area contributed by atoms with Crippen molar-refractivity contribution in [2.24, 2.45) is 0 Å². The molecule has 0 atom stereocenters. The topological polar surface area (TPSA) is 37.4 Å². The summed E-state index contributed by atoms with van der Waals surface area (Å²) in [5.74, 6) is -0.900. The van der Waals surface area contributed by atoms with Gasteiger partial charge in [-0.3, -0.25) is 9.59 Å². The van der Waals surface area contributed by atoms with E-state index in [2.05, 4.69) is 38.5 Å². The predicted molar refractivity (Wildman–Crippen MR) is 88.8 cm³/mol. The smallest absolute Gasteiger partial charge is 0.299 e. The van der Waals surface area contributed by atoms with Gasteiger partial charge in [-0.25, -0.2) is 0 Å². The molecule has 3 rings (SSSR count). The van der Waals surface area contributed by atoms with Crippen LogP contribution in [0.4, 0.5) is 5.69 Å². The Morgan fingerprint density at radius 1 is 1.05 bits per heavy atom. The molecule has 1 aliphatic rings. The van der Waals surface area contributed by atoms with Gasteiger partial charge in [0.05, 0.1) is 17.8 Å². The number of ketones is 1. The first-order chi connectivity index (χ1) is 9.56. The third-order valence-electron chi connectivity index (χ3n) is 3.19. The number of anilines is 1. The van der Waals surface area contributed by atoms with Gasteiger partial charge >= 0.3 is 0 Å². The molecule has 2 aromatic rings. The number of hydrogen-bond acceptors (Lipinski definition) is 2. The summed E-state index contributed by atoms with van der Waals surface area (Å²) in [6.45, 7) is 0.413. The van der Waals surface area contributed by atoms with Gasteiger partial charge < -0.3 is 4.90 Å². The molecule has 3 nitrogen and oxygen atoms in total. The first kappa shape index (κ1) is 13.8. The molecule has 20 heavy (non-hydrogen) atoms. The maximum Gasteiger partial charge on any atom is 0.299 e. The molecule has 0 bridgehead atoms. The summed E-state index contributed by atoms with van der Waals surface area (Å²) in [7, 11) is 0. The van der Waals surface area contributed by atoms with Crippen LogP contribution in [0.5, 0.6) is 0 Å². The van der Waals surface area contributed by atoms with E-state index in [-0.39, 0.29) is 0 Å². The Balaban J connectivity index is 1.97. The van der Waals surface area contributed by atoms with Crippen molar-refractivity contribution in [3.63, 3.8) is 0 Å². The lowest BCUT2D eigenvalue weighted by molar-refractivity contribution is -0.114. The lowest BCUT2D eigenvalue weighted by Gasteiger charge is -2.16. The molecule has 0 spiro atoms. The number of nitrogens with zero attached hydrogens (tertiary/aromatic N) is 1. The van der Waals surface area contributed by atoms with Gasteiger partial charge in [0.15, 0.2) is 0 Å². The van der Waals surface area contributed by atoms with E-state index in [4.69, 9.17) is 0 Å². The van der Waals surface area contributed by atoms with Crippen LogP contribution < -0.4 is 4.90 Å². The maximum absolute atomic E-state index is 12.1. The molecule has 0 aliphatic carbocycles. The summed E-state index contributed by atoms with van der Waals surface area (Å²) < 4.78 is 1.94. The van der Waals surface area contributed by atoms with Crippen LogP contribution in [-0.2, 0) is 11.3 Å². The zero-order valence-electron chi connectivity index (χ0n) is 10.3. The number of amides is 1. The van der Waals surface area contributed by atoms with Crippen molar-refractivity contribution in [1.82, 2.24) is 0 Å². The van der Waals surface area contributed by atoms with Crippen LogP contribution in [-0.4, -0.2) is 11.7 Å². The number of carbonyl (C=O) groups is 2. The third-order valence-corrected chi connectivity index (χ3v) is 4.40. The predicted octanol–water partition coefficient (Wildman–Crippen LogP) is 3.78. The maximum atomic E-state index is 12.1. The van der Waals surface area contributed by atoms with E-state index in [0.717, 1.165) is 13.6 Å². The number of rotatable bonds is 2. The molecule has 0 N–H and O–H groups in total. The minimum Gasteiger partial charge on any atom is -0.300 e. The van der Waals surface area contributed by atoms with E-state index in [1.54, 1.807) is 12.1 Å². The second kappa shape index (κ2) is 5.29. The van der Waals surface area contributed by atoms with Crippen LogP contribution >= 0.6 is 38.5 Å². The van der Waals surface area contributed by atoms with Gasteiger partial charge in [0.1, 0.15) is 0 Å². The number of Topliss-reactive ketones (excluding diaryl/α,β-unsaturated/α-hetero) is 1. The lowest BCUT2D eigenvalue weighted by atomic mass is 10.1. The standard InChI is InChI=1S/C15H9BrINO2/c16-10-3-6-13-12(7-10)14(19)15(20)18(13)8-9-1-4-11(17)5-2-9/h1-7H,8H2. The molecule has 0 saturated carbocycles. The molecule has 1 amide bonds. The molecule has 0 radical (unpaired) electrons. The molecular formula is C15H9BrINO2. The molecular weight excluding hydrogens is 433 g/mol. The quantitative estimate of drug-likeness (QED) is 0.525. The second-order valence-corrected chi connectivity index (χ2v) is 6.67. The summed E-state index contributed by atoms with van der Waals surface area (Å²) >= 11 is 5.56. The highest BCUT2D eigenvalue weighted by Gasteiger charge is 2.35. The van der Waals surface area contributed by atoms with Gasteiger partial charge in [0.25, 0.3) is 11.7 Å². The van der Waals surface area contributed by atoms with Crippen LogP contribution in [0.3, 0.4) is 0 Å². The average molecular weight is 442 g/mol. The Labute approximate surface area is 138 Å².